The van der Waals surface area contributed by atoms with Crippen molar-refractivity contribution in [2.45, 2.75) is 26.8 Å². The third kappa shape index (κ3) is 4.25. The Balaban J connectivity index is 1.95. The van der Waals surface area contributed by atoms with E-state index in [0.29, 0.717) is 25.6 Å². The van der Waals surface area contributed by atoms with Gasteiger partial charge in [0.05, 0.1) is 28.5 Å². The number of rotatable bonds is 4. The van der Waals surface area contributed by atoms with Crippen LogP contribution in [0, 0.1) is 6.92 Å². The molecule has 0 spiro atoms. The van der Waals surface area contributed by atoms with Crippen LogP contribution in [0.4, 0.5) is 0 Å². The molecule has 0 bridgehead atoms. The third-order valence-electron chi connectivity index (χ3n) is 5.20. The number of thiazole rings is 1. The lowest BCUT2D eigenvalue weighted by molar-refractivity contribution is -0.139. The number of aryl methyl sites for hydroxylation is 1. The SMILES string of the molecule is CCOC(=O)C1=C(C)N=c2s/c(=C\c3ccc(C)c(Br)c3)c(=O)n2[C@H]1c1ccc(Cl)cc1. The molecule has 0 unspecified atom stereocenters. The van der Waals surface area contributed by atoms with Gasteiger partial charge in [-0.1, -0.05) is 63.1 Å². The van der Waals surface area contributed by atoms with Crippen molar-refractivity contribution < 1.29 is 9.53 Å². The normalized spacial score (nSPS) is 16.0. The Morgan fingerprint density at radius 2 is 1.97 bits per heavy atom. The van der Waals surface area contributed by atoms with Crippen LogP contribution in [-0.4, -0.2) is 17.1 Å². The molecule has 0 amide bonds. The van der Waals surface area contributed by atoms with Gasteiger partial charge in [0, 0.05) is 9.50 Å². The van der Waals surface area contributed by atoms with Crippen LogP contribution in [-0.2, 0) is 9.53 Å². The average Bonchev–Trinajstić information content (AvgIpc) is 3.05. The predicted molar refractivity (Wildman–Crippen MR) is 131 cm³/mol. The zero-order chi connectivity index (χ0) is 23.0. The van der Waals surface area contributed by atoms with E-state index >= 15 is 0 Å². The number of esters is 1. The lowest BCUT2D eigenvalue weighted by atomic mass is 9.96. The summed E-state index contributed by atoms with van der Waals surface area (Å²) in [6.07, 6.45) is 1.84. The van der Waals surface area contributed by atoms with Crippen molar-refractivity contribution in [3.05, 3.63) is 99.6 Å². The topological polar surface area (TPSA) is 60.7 Å². The summed E-state index contributed by atoms with van der Waals surface area (Å²) in [4.78, 5) is 31.5. The largest absolute Gasteiger partial charge is 0.463 e. The molecule has 1 aliphatic rings. The van der Waals surface area contributed by atoms with E-state index in [4.69, 9.17) is 16.3 Å². The molecule has 0 aliphatic carbocycles. The van der Waals surface area contributed by atoms with Gasteiger partial charge in [-0.3, -0.25) is 9.36 Å². The van der Waals surface area contributed by atoms with E-state index in [2.05, 4.69) is 20.9 Å². The van der Waals surface area contributed by atoms with Gasteiger partial charge in [0.25, 0.3) is 5.56 Å². The molecule has 3 aromatic rings. The summed E-state index contributed by atoms with van der Waals surface area (Å²) in [5, 5.41) is 0.574. The van der Waals surface area contributed by atoms with Crippen molar-refractivity contribution in [2.75, 3.05) is 6.61 Å². The van der Waals surface area contributed by atoms with Crippen LogP contribution in [0.15, 0.2) is 68.0 Å². The highest BCUT2D eigenvalue weighted by molar-refractivity contribution is 9.10. The monoisotopic (exact) mass is 530 g/mol. The number of ether oxygens (including phenoxy) is 1. The maximum Gasteiger partial charge on any atom is 0.338 e. The second kappa shape index (κ2) is 9.17. The molecule has 4 rings (SSSR count). The molecular formula is C24H20BrClN2O3S. The fourth-order valence-electron chi connectivity index (χ4n) is 3.60. The molecule has 0 N–H and O–H groups in total. The van der Waals surface area contributed by atoms with Crippen molar-refractivity contribution in [1.82, 2.24) is 4.57 Å². The second-order valence-corrected chi connectivity index (χ2v) is 9.66. The molecule has 0 saturated carbocycles. The first-order valence-corrected chi connectivity index (χ1v) is 12.0. The minimum absolute atomic E-state index is 0.209. The highest BCUT2D eigenvalue weighted by atomic mass is 79.9. The number of halogens is 2. The Labute approximate surface area is 202 Å². The molecule has 32 heavy (non-hydrogen) atoms. The Hall–Kier alpha value is -2.48. The number of benzene rings is 2. The molecular weight excluding hydrogens is 512 g/mol. The minimum Gasteiger partial charge on any atom is -0.463 e. The van der Waals surface area contributed by atoms with Gasteiger partial charge in [-0.25, -0.2) is 9.79 Å². The summed E-state index contributed by atoms with van der Waals surface area (Å²) in [7, 11) is 0. The van der Waals surface area contributed by atoms with Gasteiger partial charge < -0.3 is 4.74 Å². The number of carbonyl (C=O) groups excluding carboxylic acids is 1. The number of nitrogens with zero attached hydrogens (tertiary/aromatic N) is 2. The lowest BCUT2D eigenvalue weighted by Crippen LogP contribution is -2.39. The molecule has 0 fully saturated rings. The third-order valence-corrected chi connectivity index (χ3v) is 7.29. The Morgan fingerprint density at radius 1 is 1.25 bits per heavy atom. The number of fused-ring (bicyclic) bond motifs is 1. The van der Waals surface area contributed by atoms with Crippen LogP contribution in [0.1, 0.15) is 36.6 Å². The molecule has 0 saturated heterocycles. The van der Waals surface area contributed by atoms with E-state index in [-0.39, 0.29) is 12.2 Å². The number of allylic oxidation sites excluding steroid dienone is 1. The Kier molecular flexibility index (Phi) is 6.51. The summed E-state index contributed by atoms with van der Waals surface area (Å²) >= 11 is 10.9. The quantitative estimate of drug-likeness (QED) is 0.465. The van der Waals surface area contributed by atoms with E-state index < -0.39 is 12.0 Å². The van der Waals surface area contributed by atoms with E-state index in [1.807, 2.05) is 43.3 Å². The van der Waals surface area contributed by atoms with Gasteiger partial charge in [0.1, 0.15) is 0 Å². The first-order chi connectivity index (χ1) is 15.3. The van der Waals surface area contributed by atoms with Crippen LogP contribution >= 0.6 is 38.9 Å². The molecule has 8 heteroatoms. The van der Waals surface area contributed by atoms with E-state index in [9.17, 15) is 9.59 Å². The predicted octanol–water partition coefficient (Wildman–Crippen LogP) is 4.52. The van der Waals surface area contributed by atoms with Crippen molar-refractivity contribution in [2.24, 2.45) is 4.99 Å². The first-order valence-electron chi connectivity index (χ1n) is 10.0. The van der Waals surface area contributed by atoms with Crippen LogP contribution in [0.5, 0.6) is 0 Å². The van der Waals surface area contributed by atoms with Crippen molar-refractivity contribution in [3.8, 4) is 0 Å². The van der Waals surface area contributed by atoms with E-state index in [0.717, 1.165) is 21.2 Å². The number of hydrogen-bond donors (Lipinski definition) is 0. The highest BCUT2D eigenvalue weighted by Gasteiger charge is 2.33. The fraction of sp³-hybridized carbons (Fsp3) is 0.208. The summed E-state index contributed by atoms with van der Waals surface area (Å²) < 4.78 is 8.38. The van der Waals surface area contributed by atoms with Crippen LogP contribution in [0.25, 0.3) is 6.08 Å². The smallest absolute Gasteiger partial charge is 0.338 e. The first kappa shape index (κ1) is 22.7. The van der Waals surface area contributed by atoms with Crippen molar-refractivity contribution in [1.29, 1.82) is 0 Å². The molecule has 164 valence electrons. The fourth-order valence-corrected chi connectivity index (χ4v) is 5.17. The highest BCUT2D eigenvalue weighted by Crippen LogP contribution is 2.31. The summed E-state index contributed by atoms with van der Waals surface area (Å²) in [5.41, 5.74) is 3.45. The van der Waals surface area contributed by atoms with Gasteiger partial charge in [-0.15, -0.1) is 0 Å². The molecule has 0 radical (unpaired) electrons. The standard InChI is InChI=1S/C24H20BrClN2O3S/c1-4-31-23(30)20-14(3)27-24-28(21(20)16-7-9-17(26)10-8-16)22(29)19(32-24)12-15-6-5-13(2)18(25)11-15/h5-12,21H,4H2,1-3H3/b19-12-/t21-/m0/s1. The number of carbonyl (C=O) groups is 1. The zero-order valence-corrected chi connectivity index (χ0v) is 20.8. The minimum atomic E-state index is -0.644. The summed E-state index contributed by atoms with van der Waals surface area (Å²) in [6, 6.07) is 12.4. The van der Waals surface area contributed by atoms with E-state index in [1.165, 1.54) is 11.3 Å². The van der Waals surface area contributed by atoms with Crippen molar-refractivity contribution >= 4 is 50.9 Å². The summed E-state index contributed by atoms with van der Waals surface area (Å²) in [5.74, 6) is -0.481. The van der Waals surface area contributed by atoms with Gasteiger partial charge in [0.15, 0.2) is 4.80 Å². The van der Waals surface area contributed by atoms with Crippen molar-refractivity contribution in [3.63, 3.8) is 0 Å². The van der Waals surface area contributed by atoms with Crippen LogP contribution in [0.2, 0.25) is 5.02 Å². The van der Waals surface area contributed by atoms with Gasteiger partial charge >= 0.3 is 5.97 Å². The molecule has 1 aliphatic heterocycles. The molecule has 1 aromatic heterocycles. The molecule has 5 nitrogen and oxygen atoms in total. The van der Waals surface area contributed by atoms with Gasteiger partial charge in [-0.05, 0) is 61.7 Å². The number of hydrogen-bond acceptors (Lipinski definition) is 5. The lowest BCUT2D eigenvalue weighted by Gasteiger charge is -2.24. The average molecular weight is 532 g/mol. The maximum absolute atomic E-state index is 13.5. The van der Waals surface area contributed by atoms with E-state index in [1.54, 1.807) is 30.5 Å². The number of aromatic nitrogens is 1. The van der Waals surface area contributed by atoms with Gasteiger partial charge in [-0.2, -0.15) is 0 Å². The second-order valence-electron chi connectivity index (χ2n) is 7.36. The molecule has 2 aromatic carbocycles. The van der Waals surface area contributed by atoms with Crippen LogP contribution < -0.4 is 14.9 Å². The maximum atomic E-state index is 13.5. The summed E-state index contributed by atoms with van der Waals surface area (Å²) in [6.45, 7) is 5.76. The van der Waals surface area contributed by atoms with Crippen LogP contribution in [0.3, 0.4) is 0 Å². The van der Waals surface area contributed by atoms with Gasteiger partial charge in [0.2, 0.25) is 0 Å². The Morgan fingerprint density at radius 3 is 2.62 bits per heavy atom. The molecule has 2 heterocycles. The Bertz CT molecular complexity index is 1420. The molecule has 1 atom stereocenters. The zero-order valence-electron chi connectivity index (χ0n) is 17.7.